The number of halogens is 1. The fourth-order valence-electron chi connectivity index (χ4n) is 2.10. The predicted molar refractivity (Wildman–Crippen MR) is 86.4 cm³/mol. The lowest BCUT2D eigenvalue weighted by Gasteiger charge is -2.06. The predicted octanol–water partition coefficient (Wildman–Crippen LogP) is 2.13. The number of benzene rings is 2. The number of carbonyl (C=O) groups excluding carboxylic acids is 1. The summed E-state index contributed by atoms with van der Waals surface area (Å²) >= 11 is 0. The molecule has 4 nitrogen and oxygen atoms in total. The molecule has 0 aliphatic rings. The van der Waals surface area contributed by atoms with Gasteiger partial charge in [-0.15, -0.1) is 0 Å². The van der Waals surface area contributed by atoms with Crippen LogP contribution in [0.25, 0.3) is 0 Å². The lowest BCUT2D eigenvalue weighted by atomic mass is 10.1. The Balaban J connectivity index is 1.80. The van der Waals surface area contributed by atoms with Gasteiger partial charge in [-0.1, -0.05) is 24.3 Å². The van der Waals surface area contributed by atoms with Gasteiger partial charge in [-0.05, 0) is 41.8 Å². The molecule has 0 spiro atoms. The largest absolute Gasteiger partial charge is 0.355 e. The van der Waals surface area contributed by atoms with Crippen molar-refractivity contribution in [1.29, 1.82) is 0 Å². The Morgan fingerprint density at radius 2 is 1.57 bits per heavy atom. The molecule has 0 radical (unpaired) electrons. The number of hydrogen-bond donors (Lipinski definition) is 1. The topological polar surface area (TPSA) is 63.2 Å². The lowest BCUT2D eigenvalue weighted by Crippen LogP contribution is -2.27. The second-order valence-corrected chi connectivity index (χ2v) is 7.34. The van der Waals surface area contributed by atoms with E-state index in [1.54, 1.807) is 36.4 Å². The molecule has 2 aromatic rings. The van der Waals surface area contributed by atoms with E-state index < -0.39 is 9.84 Å². The minimum atomic E-state index is -3.19. The first-order chi connectivity index (χ1) is 10.8. The zero-order chi connectivity index (χ0) is 16.9. The Morgan fingerprint density at radius 1 is 1.00 bits per heavy atom. The van der Waals surface area contributed by atoms with Gasteiger partial charge in [0, 0.05) is 12.8 Å². The second-order valence-electron chi connectivity index (χ2n) is 5.32. The Hall–Kier alpha value is -2.21. The minimum absolute atomic E-state index is 0.135. The summed E-state index contributed by atoms with van der Waals surface area (Å²) in [6.07, 6.45) is 1.98. The Kier molecular flexibility index (Phi) is 5.50. The van der Waals surface area contributed by atoms with E-state index in [9.17, 15) is 17.6 Å². The van der Waals surface area contributed by atoms with Crippen LogP contribution in [-0.2, 0) is 27.5 Å². The van der Waals surface area contributed by atoms with E-state index in [0.717, 1.165) is 17.4 Å². The lowest BCUT2D eigenvalue weighted by molar-refractivity contribution is -0.120. The van der Waals surface area contributed by atoms with Crippen LogP contribution in [0.2, 0.25) is 0 Å². The monoisotopic (exact) mass is 335 g/mol. The molecule has 1 N–H and O–H groups in total. The summed E-state index contributed by atoms with van der Waals surface area (Å²) in [7, 11) is -3.19. The van der Waals surface area contributed by atoms with Crippen molar-refractivity contribution in [1.82, 2.24) is 5.32 Å². The second kappa shape index (κ2) is 7.37. The summed E-state index contributed by atoms with van der Waals surface area (Å²) in [5.74, 6) is -0.462. The molecule has 0 saturated heterocycles. The molecular formula is C17H18FNO3S. The Morgan fingerprint density at radius 3 is 2.13 bits per heavy atom. The van der Waals surface area contributed by atoms with E-state index in [1.807, 2.05) is 0 Å². The zero-order valence-corrected chi connectivity index (χ0v) is 13.6. The normalized spacial score (nSPS) is 11.2. The minimum Gasteiger partial charge on any atom is -0.355 e. The van der Waals surface area contributed by atoms with E-state index in [0.29, 0.717) is 13.0 Å². The molecule has 0 aromatic heterocycles. The van der Waals surface area contributed by atoms with Crippen LogP contribution in [0.15, 0.2) is 53.4 Å². The van der Waals surface area contributed by atoms with Crippen molar-refractivity contribution in [3.05, 3.63) is 65.5 Å². The molecule has 23 heavy (non-hydrogen) atoms. The maximum absolute atomic E-state index is 12.8. The van der Waals surface area contributed by atoms with E-state index in [-0.39, 0.29) is 23.0 Å². The maximum atomic E-state index is 12.8. The highest BCUT2D eigenvalue weighted by Gasteiger charge is 2.07. The first-order valence-corrected chi connectivity index (χ1v) is 9.04. The molecule has 1 amide bonds. The van der Waals surface area contributed by atoms with Crippen molar-refractivity contribution in [2.75, 3.05) is 12.8 Å². The summed E-state index contributed by atoms with van der Waals surface area (Å²) in [5, 5.41) is 2.79. The number of amides is 1. The third kappa shape index (κ3) is 5.49. The van der Waals surface area contributed by atoms with Gasteiger partial charge in [-0.3, -0.25) is 4.79 Å². The third-order valence-electron chi connectivity index (χ3n) is 3.37. The average Bonchev–Trinajstić information content (AvgIpc) is 2.49. The highest BCUT2D eigenvalue weighted by Crippen LogP contribution is 2.10. The molecule has 0 aliphatic carbocycles. The van der Waals surface area contributed by atoms with Crippen LogP contribution >= 0.6 is 0 Å². The smallest absolute Gasteiger partial charge is 0.224 e. The number of sulfone groups is 1. The number of rotatable bonds is 6. The van der Waals surface area contributed by atoms with Crippen molar-refractivity contribution < 1.29 is 17.6 Å². The van der Waals surface area contributed by atoms with Gasteiger partial charge in [-0.25, -0.2) is 12.8 Å². The molecule has 0 heterocycles. The van der Waals surface area contributed by atoms with Crippen molar-refractivity contribution in [2.45, 2.75) is 17.7 Å². The Labute approximate surface area is 135 Å². The molecule has 122 valence electrons. The van der Waals surface area contributed by atoms with Gasteiger partial charge < -0.3 is 5.32 Å². The number of hydrogen-bond acceptors (Lipinski definition) is 3. The summed E-state index contributed by atoms with van der Waals surface area (Å²) < 4.78 is 35.5. The van der Waals surface area contributed by atoms with Crippen LogP contribution < -0.4 is 5.32 Å². The molecule has 0 atom stereocenters. The van der Waals surface area contributed by atoms with Gasteiger partial charge in [-0.2, -0.15) is 0 Å². The van der Waals surface area contributed by atoms with Crippen molar-refractivity contribution in [3.63, 3.8) is 0 Å². The summed E-state index contributed by atoms with van der Waals surface area (Å²) in [6.45, 7) is 0.457. The molecule has 0 fully saturated rings. The zero-order valence-electron chi connectivity index (χ0n) is 12.8. The van der Waals surface area contributed by atoms with Gasteiger partial charge in [0.25, 0.3) is 0 Å². The third-order valence-corrected chi connectivity index (χ3v) is 4.49. The quantitative estimate of drug-likeness (QED) is 0.880. The van der Waals surface area contributed by atoms with Crippen LogP contribution in [0.5, 0.6) is 0 Å². The van der Waals surface area contributed by atoms with Crippen molar-refractivity contribution in [3.8, 4) is 0 Å². The van der Waals surface area contributed by atoms with Crippen LogP contribution in [0.3, 0.4) is 0 Å². The molecule has 2 rings (SSSR count). The van der Waals surface area contributed by atoms with E-state index in [4.69, 9.17) is 0 Å². The van der Waals surface area contributed by atoms with Gasteiger partial charge in [0.15, 0.2) is 9.84 Å². The average molecular weight is 335 g/mol. The van der Waals surface area contributed by atoms with E-state index >= 15 is 0 Å². The van der Waals surface area contributed by atoms with Crippen LogP contribution in [-0.4, -0.2) is 27.1 Å². The van der Waals surface area contributed by atoms with Crippen molar-refractivity contribution in [2.24, 2.45) is 0 Å². The fraction of sp³-hybridized carbons (Fsp3) is 0.235. The summed E-state index contributed by atoms with van der Waals surface area (Å²) in [4.78, 5) is 12.1. The first-order valence-electron chi connectivity index (χ1n) is 7.15. The molecule has 6 heteroatoms. The Bertz CT molecular complexity index is 768. The molecule has 2 aromatic carbocycles. The van der Waals surface area contributed by atoms with Crippen molar-refractivity contribution >= 4 is 15.7 Å². The van der Waals surface area contributed by atoms with Gasteiger partial charge >= 0.3 is 0 Å². The summed E-state index contributed by atoms with van der Waals surface area (Å²) in [5.41, 5.74) is 1.70. The SMILES string of the molecule is CS(=O)(=O)c1ccc(CCNC(=O)Cc2ccc(F)cc2)cc1. The number of carbonyl (C=O) groups is 1. The fourth-order valence-corrected chi connectivity index (χ4v) is 2.73. The highest BCUT2D eigenvalue weighted by molar-refractivity contribution is 7.90. The molecule has 0 bridgehead atoms. The van der Waals surface area contributed by atoms with E-state index in [1.165, 1.54) is 12.1 Å². The molecule has 0 aliphatic heterocycles. The molecular weight excluding hydrogens is 317 g/mol. The molecule has 0 saturated carbocycles. The van der Waals surface area contributed by atoms with Gasteiger partial charge in [0.1, 0.15) is 5.82 Å². The molecule has 0 unspecified atom stereocenters. The first kappa shape index (κ1) is 17.1. The maximum Gasteiger partial charge on any atom is 0.224 e. The highest BCUT2D eigenvalue weighted by atomic mass is 32.2. The van der Waals surface area contributed by atoms with Crippen LogP contribution in [0.1, 0.15) is 11.1 Å². The van der Waals surface area contributed by atoms with Gasteiger partial charge in [0.2, 0.25) is 5.91 Å². The number of nitrogens with one attached hydrogen (secondary N) is 1. The van der Waals surface area contributed by atoms with Crippen LogP contribution in [0, 0.1) is 5.82 Å². The summed E-state index contributed by atoms with van der Waals surface area (Å²) in [6, 6.07) is 12.4. The van der Waals surface area contributed by atoms with E-state index in [2.05, 4.69) is 5.32 Å². The van der Waals surface area contributed by atoms with Gasteiger partial charge in [0.05, 0.1) is 11.3 Å². The standard InChI is InChI=1S/C17H18FNO3S/c1-23(21,22)16-8-4-13(5-9-16)10-11-19-17(20)12-14-2-6-15(18)7-3-14/h2-9H,10-12H2,1H3,(H,19,20). The van der Waals surface area contributed by atoms with Crippen LogP contribution in [0.4, 0.5) is 4.39 Å².